The molecule has 1 N–H and O–H groups in total. The van der Waals surface area contributed by atoms with Crippen LogP contribution in [0.4, 0.5) is 4.39 Å². The van der Waals surface area contributed by atoms with Crippen molar-refractivity contribution >= 4 is 43.7 Å². The Balaban J connectivity index is 1.62. The third-order valence-corrected chi connectivity index (χ3v) is 8.39. The normalized spacial score (nSPS) is 12.1. The number of benzene rings is 3. The lowest BCUT2D eigenvalue weighted by Gasteiger charge is -2.22. The fraction of sp³-hybridized carbons (Fsp3) is 0.160. The largest absolute Gasteiger partial charge is 0.322 e. The van der Waals surface area contributed by atoms with E-state index in [-0.39, 0.29) is 29.1 Å². The Morgan fingerprint density at radius 2 is 1.71 bits per heavy atom. The number of rotatable bonds is 6. The van der Waals surface area contributed by atoms with E-state index < -0.39 is 15.8 Å². The van der Waals surface area contributed by atoms with Crippen LogP contribution in [0.15, 0.2) is 70.4 Å². The minimum Gasteiger partial charge on any atom is -0.322 e. The summed E-state index contributed by atoms with van der Waals surface area (Å²) in [7, 11) is -4.10. The number of aromatic nitrogens is 3. The van der Waals surface area contributed by atoms with E-state index in [9.17, 15) is 17.6 Å². The number of aryl methyl sites for hydroxylation is 2. The average molecular weight is 509 g/mol. The predicted octanol–water partition coefficient (Wildman–Crippen LogP) is 4.68. The number of nitrogens with one attached hydrogen (secondary N) is 1. The van der Waals surface area contributed by atoms with E-state index in [1.807, 2.05) is 26.0 Å². The van der Waals surface area contributed by atoms with Gasteiger partial charge in [0.25, 0.3) is 5.56 Å². The third-order valence-electron chi connectivity index (χ3n) is 6.02. The molecule has 0 aliphatic rings. The molecule has 0 saturated heterocycles. The van der Waals surface area contributed by atoms with Crippen molar-refractivity contribution in [2.45, 2.75) is 31.8 Å². The van der Waals surface area contributed by atoms with Crippen LogP contribution in [0.3, 0.4) is 0 Å². The maximum Gasteiger partial charge on any atom is 0.252 e. The highest BCUT2D eigenvalue weighted by Crippen LogP contribution is 2.27. The molecule has 2 aromatic heterocycles. The lowest BCUT2D eigenvalue weighted by molar-refractivity contribution is 0.400. The van der Waals surface area contributed by atoms with Crippen LogP contribution < -0.4 is 5.56 Å². The number of aromatic amines is 1. The van der Waals surface area contributed by atoms with Gasteiger partial charge in [0.05, 0.1) is 11.7 Å². The molecule has 0 unspecified atom stereocenters. The standard InChI is InChI=1S/C25H21FN4O3S2/c1-15-10-18-12-19(25(31)27-22(18)11-16(15)2)14-30(13-17-6-8-20(26)9-7-17)35(32,33)23-5-3-4-21-24(23)29-34-28-21/h3-12H,13-14H2,1-2H3,(H,27,31). The zero-order chi connectivity index (χ0) is 24.7. The van der Waals surface area contributed by atoms with Crippen molar-refractivity contribution in [3.63, 3.8) is 0 Å². The fourth-order valence-corrected chi connectivity index (χ4v) is 6.14. The fourth-order valence-electron chi connectivity index (χ4n) is 3.98. The number of nitrogens with zero attached hydrogens (tertiary/aromatic N) is 3. The molecule has 0 bridgehead atoms. The smallest absolute Gasteiger partial charge is 0.252 e. The summed E-state index contributed by atoms with van der Waals surface area (Å²) in [5.41, 5.74) is 4.08. The lowest BCUT2D eigenvalue weighted by atomic mass is 10.0. The van der Waals surface area contributed by atoms with Crippen LogP contribution in [0.25, 0.3) is 21.9 Å². The Morgan fingerprint density at radius 1 is 0.971 bits per heavy atom. The average Bonchev–Trinajstić information content (AvgIpc) is 3.30. The number of H-pyrrole nitrogens is 1. The van der Waals surface area contributed by atoms with Crippen LogP contribution in [0, 0.1) is 19.7 Å². The molecule has 3 aromatic carbocycles. The van der Waals surface area contributed by atoms with Gasteiger partial charge in [-0.3, -0.25) is 4.79 Å². The molecule has 0 spiro atoms. The summed E-state index contributed by atoms with van der Waals surface area (Å²) in [6.45, 7) is 3.71. The molecule has 7 nitrogen and oxygen atoms in total. The monoisotopic (exact) mass is 508 g/mol. The van der Waals surface area contributed by atoms with E-state index in [2.05, 4.69) is 13.7 Å². The van der Waals surface area contributed by atoms with Crippen LogP contribution in [0.2, 0.25) is 0 Å². The molecular formula is C25H21FN4O3S2. The highest BCUT2D eigenvalue weighted by atomic mass is 32.2. The summed E-state index contributed by atoms with van der Waals surface area (Å²) >= 11 is 0.931. The topological polar surface area (TPSA) is 96.0 Å². The number of hydrogen-bond acceptors (Lipinski definition) is 6. The van der Waals surface area contributed by atoms with Gasteiger partial charge in [0.2, 0.25) is 10.0 Å². The van der Waals surface area contributed by atoms with E-state index in [4.69, 9.17) is 0 Å². The van der Waals surface area contributed by atoms with Crippen molar-refractivity contribution in [3.05, 3.63) is 99.1 Å². The van der Waals surface area contributed by atoms with Crippen molar-refractivity contribution in [1.82, 2.24) is 18.0 Å². The molecule has 35 heavy (non-hydrogen) atoms. The molecule has 178 valence electrons. The maximum atomic E-state index is 13.9. The first-order chi connectivity index (χ1) is 16.7. The minimum atomic E-state index is -4.10. The molecule has 0 radical (unpaired) electrons. The molecule has 5 rings (SSSR count). The Kier molecular flexibility index (Phi) is 5.96. The Bertz CT molecular complexity index is 1730. The van der Waals surface area contributed by atoms with Gasteiger partial charge in [0, 0.05) is 24.2 Å². The Morgan fingerprint density at radius 3 is 2.49 bits per heavy atom. The molecule has 0 amide bonds. The van der Waals surface area contributed by atoms with Crippen molar-refractivity contribution in [2.75, 3.05) is 0 Å². The van der Waals surface area contributed by atoms with E-state index in [0.717, 1.165) is 28.2 Å². The Labute approximate surface area is 205 Å². The second-order valence-electron chi connectivity index (χ2n) is 8.44. The first-order valence-electron chi connectivity index (χ1n) is 10.8. The van der Waals surface area contributed by atoms with Gasteiger partial charge in [-0.05, 0) is 78.4 Å². The third kappa shape index (κ3) is 4.47. The van der Waals surface area contributed by atoms with Crippen LogP contribution in [0.5, 0.6) is 0 Å². The molecule has 5 aromatic rings. The van der Waals surface area contributed by atoms with E-state index in [1.165, 1.54) is 34.6 Å². The summed E-state index contributed by atoms with van der Waals surface area (Å²) in [6.07, 6.45) is 0. The van der Waals surface area contributed by atoms with Crippen LogP contribution in [-0.4, -0.2) is 26.5 Å². The van der Waals surface area contributed by atoms with Crippen LogP contribution >= 0.6 is 11.7 Å². The SMILES string of the molecule is Cc1cc2cc(CN(Cc3ccc(F)cc3)S(=O)(=O)c3cccc4nsnc34)c(=O)[nH]c2cc1C. The van der Waals surface area contributed by atoms with Crippen molar-refractivity contribution in [3.8, 4) is 0 Å². The Hall–Kier alpha value is -3.47. The zero-order valence-corrected chi connectivity index (χ0v) is 20.6. The second kappa shape index (κ2) is 8.95. The van der Waals surface area contributed by atoms with Crippen molar-refractivity contribution < 1.29 is 12.8 Å². The molecule has 10 heteroatoms. The van der Waals surface area contributed by atoms with E-state index in [1.54, 1.807) is 18.2 Å². The summed E-state index contributed by atoms with van der Waals surface area (Å²) in [5, 5.41) is 0.813. The lowest BCUT2D eigenvalue weighted by Crippen LogP contribution is -2.32. The van der Waals surface area contributed by atoms with Crippen molar-refractivity contribution in [2.24, 2.45) is 0 Å². The molecule has 0 saturated carbocycles. The molecule has 0 fully saturated rings. The van der Waals surface area contributed by atoms with Gasteiger partial charge >= 0.3 is 0 Å². The summed E-state index contributed by atoms with van der Waals surface area (Å²) in [4.78, 5) is 15.8. The molecule has 0 aliphatic heterocycles. The van der Waals surface area contributed by atoms with Gasteiger partial charge in [-0.2, -0.15) is 13.1 Å². The molecular weight excluding hydrogens is 487 g/mol. The number of sulfonamides is 1. The number of halogens is 1. The van der Waals surface area contributed by atoms with Gasteiger partial charge in [0.15, 0.2) is 0 Å². The maximum absolute atomic E-state index is 13.9. The summed E-state index contributed by atoms with van der Waals surface area (Å²) in [5.74, 6) is -0.418. The van der Waals surface area contributed by atoms with E-state index >= 15 is 0 Å². The highest BCUT2D eigenvalue weighted by Gasteiger charge is 2.29. The summed E-state index contributed by atoms with van der Waals surface area (Å²) < 4.78 is 50.8. The predicted molar refractivity (Wildman–Crippen MR) is 134 cm³/mol. The van der Waals surface area contributed by atoms with Crippen LogP contribution in [0.1, 0.15) is 22.3 Å². The number of hydrogen-bond donors (Lipinski definition) is 1. The summed E-state index contributed by atoms with van der Waals surface area (Å²) in [6, 6.07) is 16.0. The van der Waals surface area contributed by atoms with E-state index in [0.29, 0.717) is 22.2 Å². The molecule has 0 atom stereocenters. The number of fused-ring (bicyclic) bond motifs is 2. The quantitative estimate of drug-likeness (QED) is 0.359. The minimum absolute atomic E-state index is 0.00884. The highest BCUT2D eigenvalue weighted by molar-refractivity contribution is 7.89. The van der Waals surface area contributed by atoms with Gasteiger partial charge in [0.1, 0.15) is 21.7 Å². The van der Waals surface area contributed by atoms with Gasteiger partial charge < -0.3 is 4.98 Å². The van der Waals surface area contributed by atoms with Gasteiger partial charge in [-0.15, -0.1) is 0 Å². The second-order valence-corrected chi connectivity index (χ2v) is 10.9. The molecule has 0 aliphatic carbocycles. The van der Waals surface area contributed by atoms with Gasteiger partial charge in [-0.25, -0.2) is 12.8 Å². The van der Waals surface area contributed by atoms with Crippen LogP contribution in [-0.2, 0) is 23.1 Å². The van der Waals surface area contributed by atoms with Gasteiger partial charge in [-0.1, -0.05) is 18.2 Å². The zero-order valence-electron chi connectivity index (χ0n) is 18.9. The molecule has 2 heterocycles. The first-order valence-corrected chi connectivity index (χ1v) is 13.0. The van der Waals surface area contributed by atoms with Crippen molar-refractivity contribution in [1.29, 1.82) is 0 Å². The first kappa shape index (κ1) is 23.3. The number of pyridine rings is 1.